The maximum Gasteiger partial charge on any atom is 0.519 e. The number of halogens is 14. The van der Waals surface area contributed by atoms with Gasteiger partial charge >= 0.3 is 66.7 Å². The molecule has 0 aliphatic carbocycles. The summed E-state index contributed by atoms with van der Waals surface area (Å²) in [5, 5.41) is 49.5. The highest BCUT2D eigenvalue weighted by molar-refractivity contribution is 14.2. The van der Waals surface area contributed by atoms with Crippen LogP contribution in [0.1, 0.15) is 174 Å². The molecule has 0 heterocycles. The first-order valence-corrected chi connectivity index (χ1v) is 35.9. The number of benzene rings is 3. The van der Waals surface area contributed by atoms with Gasteiger partial charge in [-0.1, -0.05) is 155 Å². The highest BCUT2D eigenvalue weighted by Gasteiger charge is 2.32. The number of carbonyl (C=O) groups is 8. The summed E-state index contributed by atoms with van der Waals surface area (Å²) in [7, 11) is 11.1. The summed E-state index contributed by atoms with van der Waals surface area (Å²) in [5.74, 6) is -5.77. The Morgan fingerprint density at radius 3 is 0.821 bits per heavy atom. The molecule has 3 aromatic carbocycles. The van der Waals surface area contributed by atoms with Crippen LogP contribution in [-0.2, 0) is 84.9 Å². The lowest BCUT2D eigenvalue weighted by Gasteiger charge is -2.20. The number of rotatable bonds is 18. The molecule has 0 fully saturated rings. The van der Waals surface area contributed by atoms with Gasteiger partial charge in [0.05, 0.1) is 77.5 Å². The molecule has 0 saturated carbocycles. The van der Waals surface area contributed by atoms with Gasteiger partial charge in [0.15, 0.2) is 0 Å². The van der Waals surface area contributed by atoms with Gasteiger partial charge in [-0.15, -0.1) is 0 Å². The molecule has 27 nitrogen and oxygen atoms in total. The van der Waals surface area contributed by atoms with Crippen LogP contribution in [0.5, 0.6) is 17.2 Å². The summed E-state index contributed by atoms with van der Waals surface area (Å²) in [6, 6.07) is 9.09. The number of carboxylic acids is 3. The highest BCUT2D eigenvalue weighted by atomic mass is 127. The normalized spacial score (nSPS) is 11.2. The molecule has 672 valence electrons. The van der Waals surface area contributed by atoms with E-state index in [1.54, 1.807) is 55.4 Å². The van der Waals surface area contributed by atoms with Gasteiger partial charge in [-0.3, -0.25) is 28.8 Å². The Kier molecular flexibility index (Phi) is 109. The molecule has 42 heteroatoms. The first kappa shape index (κ1) is 148. The van der Waals surface area contributed by atoms with Crippen LogP contribution in [0.15, 0.2) is 72.8 Å². The fourth-order valence-corrected chi connectivity index (χ4v) is 4.45. The Balaban J connectivity index is -0.0000000613. The number of methoxy groups -OCH3 is 3. The molecule has 0 amide bonds. The average molecular weight is 2050 g/mol. The third-order valence-corrected chi connectivity index (χ3v) is 9.35. The molecule has 0 bridgehead atoms. The maximum atomic E-state index is 12.3. The van der Waals surface area contributed by atoms with Crippen molar-refractivity contribution in [1.82, 2.24) is 0 Å². The maximum absolute atomic E-state index is 12.3. The van der Waals surface area contributed by atoms with E-state index in [9.17, 15) is 77.9 Å². The zero-order valence-electron chi connectivity index (χ0n) is 58.9. The lowest BCUT2D eigenvalue weighted by molar-refractivity contribution is -0.146. The molecule has 3 rings (SSSR count). The van der Waals surface area contributed by atoms with Crippen LogP contribution in [0.4, 0.5) is 49.1 Å². The Morgan fingerprint density at radius 1 is 0.438 bits per heavy atom. The van der Waals surface area contributed by atoms with Crippen LogP contribution < -0.4 is 31.4 Å². The lowest BCUT2D eigenvalue weighted by Crippen LogP contribution is -2.36. The van der Waals surface area contributed by atoms with E-state index in [2.05, 4.69) is 122 Å². The minimum atomic E-state index is -4.41. The van der Waals surface area contributed by atoms with Crippen molar-refractivity contribution in [2.75, 3.05) is 65.4 Å². The molecule has 0 radical (unpaired) electrons. The summed E-state index contributed by atoms with van der Waals surface area (Å²) in [6.45, 7) is 21.6. The number of ether oxygens (including phenoxy) is 9. The van der Waals surface area contributed by atoms with Crippen molar-refractivity contribution in [3.05, 3.63) is 89.5 Å². The fourth-order valence-electron chi connectivity index (χ4n) is 4.45. The first-order chi connectivity index (χ1) is 46.9. The van der Waals surface area contributed by atoms with Crippen molar-refractivity contribution in [3.63, 3.8) is 0 Å². The van der Waals surface area contributed by atoms with Gasteiger partial charge in [0.2, 0.25) is 9.23 Å². The molecule has 0 spiro atoms. The van der Waals surface area contributed by atoms with Crippen LogP contribution in [0.3, 0.4) is 0 Å². The quantitative estimate of drug-likeness (QED) is 0.0109. The van der Waals surface area contributed by atoms with Gasteiger partial charge in [0, 0.05) is 21.4 Å². The molecule has 12 N–H and O–H groups in total. The number of hydrogen-bond donors (Lipinski definition) is 9. The van der Waals surface area contributed by atoms with Gasteiger partial charge in [-0.2, -0.15) is 39.5 Å². The molecule has 0 aliphatic rings. The summed E-state index contributed by atoms with van der Waals surface area (Å²) < 4.78 is 163. The number of carboxylic acid groups (broad SMARTS) is 3. The summed E-state index contributed by atoms with van der Waals surface area (Å²) >= 11 is 6.95. The largest absolute Gasteiger partial charge is 0.519 e. The second-order valence-electron chi connectivity index (χ2n) is 20.7. The van der Waals surface area contributed by atoms with E-state index in [1.807, 2.05) is 13.8 Å². The van der Waals surface area contributed by atoms with Crippen molar-refractivity contribution in [2.24, 2.45) is 35.0 Å². The monoisotopic (exact) mass is 2050 g/mol. The predicted octanol–water partition coefficient (Wildman–Crippen LogP) is 18.2. The van der Waals surface area contributed by atoms with Crippen molar-refractivity contribution in [1.29, 1.82) is 0 Å². The van der Waals surface area contributed by atoms with Crippen LogP contribution in [0, 0.1) is 17.8 Å². The van der Waals surface area contributed by atoms with Crippen molar-refractivity contribution in [3.8, 4) is 17.2 Å². The van der Waals surface area contributed by atoms with Gasteiger partial charge in [-0.25, -0.2) is 13.8 Å². The Bertz CT molecular complexity index is 2670. The van der Waals surface area contributed by atoms with Crippen molar-refractivity contribution >= 4 is 146 Å². The van der Waals surface area contributed by atoms with Gasteiger partial charge in [-0.05, 0) is 146 Å². The van der Waals surface area contributed by atoms with E-state index in [4.69, 9.17) is 75.7 Å². The third-order valence-electron chi connectivity index (χ3n) is 9.35. The van der Waals surface area contributed by atoms with E-state index < -0.39 is 134 Å². The Labute approximate surface area is 710 Å². The molecule has 0 unspecified atom stereocenters. The van der Waals surface area contributed by atoms with E-state index in [0.717, 1.165) is 62.6 Å². The average Bonchev–Trinajstić information content (AvgIpc) is 0.864. The molecule has 112 heavy (non-hydrogen) atoms. The predicted molar refractivity (Wildman–Crippen MR) is 450 cm³/mol. The van der Waals surface area contributed by atoms with Gasteiger partial charge in [0.1, 0.15) is 66.4 Å². The molecule has 6 atom stereocenters. The van der Waals surface area contributed by atoms with Gasteiger partial charge < -0.3 is 90.5 Å². The van der Waals surface area contributed by atoms with E-state index in [0.29, 0.717) is 0 Å². The number of aliphatic hydroxyl groups is 3. The number of carbonyl (C=O) groups excluding carboxylic acids is 5. The number of hydrogen-bond acceptors (Lipinski definition) is 24. The van der Waals surface area contributed by atoms with Crippen LogP contribution in [0.25, 0.3) is 0 Å². The third kappa shape index (κ3) is 97.0. The second kappa shape index (κ2) is 82.2. The zero-order chi connectivity index (χ0) is 83.0. The van der Waals surface area contributed by atoms with E-state index in [-0.39, 0.29) is 129 Å². The molecule has 0 aliphatic heterocycles. The molecule has 3 aromatic rings. The number of esters is 3. The summed E-state index contributed by atoms with van der Waals surface area (Å²) in [6.07, 6.45) is -15.3. The van der Waals surface area contributed by atoms with Crippen LogP contribution in [-0.4, -0.2) is 180 Å². The number of aliphatic hydroxyl groups excluding tert-OH is 3. The summed E-state index contributed by atoms with van der Waals surface area (Å²) in [5.41, 5.74) is 11.2. The fraction of sp³-hybridized carbons (Fsp3) is 0.629. The SMILES string of the molecule is C.C.C.C.C.C.C.C.C.CC.CC(C)(C)OC(=O)OC(=O)OC(C)(C)C.CC(I)I.CCI.COC(=O)[C@H](C)CO.COC(=O)[C@H](C)COc1ccc(C(F)(F)F)cc1.COC(=O)[C@H](N)CO.C[C@H](COc1ccc(C(F)(F)F)cc1)C(=O)O.N[C@H](CO)C(=O)O.N[C@H](COc1ccc(C(F)(F)F)cc1)C(=O)O.O=S(Cl)Cl. The Morgan fingerprint density at radius 2 is 0.661 bits per heavy atom. The number of nitrogens with two attached hydrogens (primary N) is 3. The van der Waals surface area contributed by atoms with E-state index in [1.165, 1.54) is 44.8 Å². The second-order valence-corrected chi connectivity index (χ2v) is 30.8. The zero-order valence-corrected chi connectivity index (χ0v) is 67.7. The number of alkyl halides is 12. The lowest BCUT2D eigenvalue weighted by atomic mass is 10.2. The molecular weight excluding hydrogens is 1920 g/mol. The highest BCUT2D eigenvalue weighted by Crippen LogP contribution is 2.32. The molecule has 0 aromatic heterocycles. The van der Waals surface area contributed by atoms with Crippen molar-refractivity contribution < 1.29 is 155 Å². The minimum Gasteiger partial charge on any atom is -0.493 e. The molecular formula is C70H129Cl2F9I3N3O24S. The van der Waals surface area contributed by atoms with Crippen LogP contribution in [0.2, 0.25) is 0 Å². The topological polar surface area (TPSA) is 436 Å². The van der Waals surface area contributed by atoms with Crippen molar-refractivity contribution in [2.45, 2.75) is 207 Å². The minimum absolute atomic E-state index is 0. The van der Waals surface area contributed by atoms with Gasteiger partial charge in [0.25, 0.3) is 0 Å². The smallest absolute Gasteiger partial charge is 0.493 e. The van der Waals surface area contributed by atoms with Crippen LogP contribution >= 0.6 is 89.1 Å². The molecule has 0 saturated heterocycles. The standard InChI is InChI=1S/C12H13F3O3.C11H11F3O3.C10H10F3NO3.C10H18O5.C5H10O3.C4H9NO3.C3H7NO3.C2H4I2.C2H5I.C2H6.9CH4.Cl2OS/c1-8(11(16)17-2)7-18-10-5-3-9(4-6-10)12(13,14)15;1-7(10(15)16)6-17-9-4-2-8(3-5-9)11(12,13)14;11-10(12,13)6-1-3-7(4-2-6)17-5-8(14)9(15)16;1-9(2,3)14-7(11)13-8(12)15-10(4,5)6;1-4(3-6)5(7)8-2;1-8-4(7)3(5)2-6;4-2(1-5)3(6)7;1-2(3)4;1-2-3;1-2;;;;;;;;;;1-4(2)3/h3-6,8H,7H2,1-2H3;2-5,7H,6H2,1H3,(H,15,16);1-4,8H,5,14H2,(H,15,16);1-6H3;4,6H,3H2,1-2H3;3,6H,2,5H2,1H3;2,5H,1,4H2,(H,6,7);2H,1H3;2H2,1H3;1-2H3;9*1H4;/t8-;7-;8-;;4-;3-;2-;;;;;;;;;;;;;/m111.111............./s1. The summed E-state index contributed by atoms with van der Waals surface area (Å²) in [4.78, 5) is 84.2. The van der Waals surface area contributed by atoms with E-state index >= 15 is 0 Å². The Hall–Kier alpha value is -5.33. The number of aliphatic carboxylic acids is 3. The first-order valence-electron chi connectivity index (χ1n) is 29.1.